The summed E-state index contributed by atoms with van der Waals surface area (Å²) in [7, 11) is 0. The van der Waals surface area contributed by atoms with Crippen molar-refractivity contribution in [3.63, 3.8) is 0 Å². The number of aromatic nitrogens is 1. The van der Waals surface area contributed by atoms with E-state index in [-0.39, 0.29) is 6.79 Å². The van der Waals surface area contributed by atoms with Gasteiger partial charge in [-0.1, -0.05) is 53.8 Å². The Hall–Kier alpha value is -3.38. The Morgan fingerprint density at radius 3 is 2.68 bits per heavy atom. The predicted molar refractivity (Wildman–Crippen MR) is 111 cm³/mol. The average molecular weight is 387 g/mol. The molecule has 6 heteroatoms. The number of hydrogen-bond donors (Lipinski definition) is 0. The van der Waals surface area contributed by atoms with E-state index in [2.05, 4.69) is 57.2 Å². The number of thiazole rings is 1. The van der Waals surface area contributed by atoms with Crippen molar-refractivity contribution in [2.75, 3.05) is 6.79 Å². The lowest BCUT2D eigenvalue weighted by Gasteiger charge is -2.04. The van der Waals surface area contributed by atoms with E-state index in [0.717, 1.165) is 33.9 Å². The third-order valence-electron chi connectivity index (χ3n) is 4.52. The summed E-state index contributed by atoms with van der Waals surface area (Å²) in [6.07, 6.45) is 1.74. The molecule has 0 spiro atoms. The summed E-state index contributed by atoms with van der Waals surface area (Å²) in [6.45, 7) is 1.02. The molecule has 0 aliphatic carbocycles. The highest BCUT2D eigenvalue weighted by Gasteiger charge is 2.12. The summed E-state index contributed by atoms with van der Waals surface area (Å²) in [5.41, 5.74) is 3.31. The Morgan fingerprint density at radius 2 is 1.75 bits per heavy atom. The summed E-state index contributed by atoms with van der Waals surface area (Å²) < 4.78 is 14.1. The van der Waals surface area contributed by atoms with Crippen LogP contribution in [-0.2, 0) is 6.54 Å². The highest BCUT2D eigenvalue weighted by atomic mass is 32.1. The summed E-state index contributed by atoms with van der Waals surface area (Å²) >= 11 is 1.64. The van der Waals surface area contributed by atoms with E-state index in [1.807, 2.05) is 30.3 Å². The van der Waals surface area contributed by atoms with Gasteiger partial charge in [0, 0.05) is 0 Å². The van der Waals surface area contributed by atoms with E-state index in [9.17, 15) is 0 Å². The first-order valence-electron chi connectivity index (χ1n) is 8.96. The van der Waals surface area contributed by atoms with Crippen molar-refractivity contribution in [2.24, 2.45) is 10.2 Å². The molecule has 5 rings (SSSR count). The lowest BCUT2D eigenvalue weighted by atomic mass is 10.2. The van der Waals surface area contributed by atoms with Gasteiger partial charge in [0.1, 0.15) is 0 Å². The first-order chi connectivity index (χ1) is 13.9. The van der Waals surface area contributed by atoms with Gasteiger partial charge in [-0.05, 0) is 41.5 Å². The van der Waals surface area contributed by atoms with Crippen molar-refractivity contribution >= 4 is 27.8 Å². The van der Waals surface area contributed by atoms with Crippen molar-refractivity contribution in [3.05, 3.63) is 88.7 Å². The minimum Gasteiger partial charge on any atom is -0.454 e. The second-order valence-corrected chi connectivity index (χ2v) is 7.39. The Bertz CT molecular complexity index is 1230. The SMILES string of the molecule is C(=NN=c1sc2ccccc2n1Cc1ccccc1)c1ccc2c(c1)OCO2. The Morgan fingerprint density at radius 1 is 0.929 bits per heavy atom. The average Bonchev–Trinajstić information content (AvgIpc) is 3.33. The quantitative estimate of drug-likeness (QED) is 0.385. The van der Waals surface area contributed by atoms with Gasteiger partial charge in [0.15, 0.2) is 11.5 Å². The van der Waals surface area contributed by atoms with Crippen molar-refractivity contribution in [1.29, 1.82) is 0 Å². The first-order valence-corrected chi connectivity index (χ1v) is 9.77. The fourth-order valence-electron chi connectivity index (χ4n) is 3.15. The van der Waals surface area contributed by atoms with Gasteiger partial charge >= 0.3 is 0 Å². The molecule has 0 N–H and O–H groups in total. The number of fused-ring (bicyclic) bond motifs is 2. The molecule has 138 valence electrons. The predicted octanol–water partition coefficient (Wildman–Crippen LogP) is 4.41. The summed E-state index contributed by atoms with van der Waals surface area (Å²) in [4.78, 5) is 0.863. The van der Waals surface area contributed by atoms with Crippen molar-refractivity contribution in [1.82, 2.24) is 4.57 Å². The van der Waals surface area contributed by atoms with Gasteiger partial charge in [-0.25, -0.2) is 0 Å². The van der Waals surface area contributed by atoms with Crippen LogP contribution in [0.2, 0.25) is 0 Å². The number of hydrogen-bond acceptors (Lipinski definition) is 5. The smallest absolute Gasteiger partial charge is 0.231 e. The van der Waals surface area contributed by atoms with Gasteiger partial charge in [0.2, 0.25) is 11.6 Å². The van der Waals surface area contributed by atoms with Crippen molar-refractivity contribution in [2.45, 2.75) is 6.54 Å². The summed E-state index contributed by atoms with van der Waals surface area (Å²) in [6, 6.07) is 24.5. The fourth-order valence-corrected chi connectivity index (χ4v) is 4.14. The fraction of sp³-hybridized carbons (Fsp3) is 0.0909. The van der Waals surface area contributed by atoms with Crippen LogP contribution in [0.3, 0.4) is 0 Å². The zero-order chi connectivity index (χ0) is 18.8. The molecule has 1 aromatic heterocycles. The minimum absolute atomic E-state index is 0.265. The molecule has 0 saturated heterocycles. The minimum atomic E-state index is 0.265. The molecule has 4 aromatic rings. The van der Waals surface area contributed by atoms with Crippen LogP contribution in [0, 0.1) is 0 Å². The number of benzene rings is 3. The molecule has 0 unspecified atom stereocenters. The molecule has 28 heavy (non-hydrogen) atoms. The molecule has 0 amide bonds. The highest BCUT2D eigenvalue weighted by molar-refractivity contribution is 7.16. The first kappa shape index (κ1) is 16.8. The van der Waals surface area contributed by atoms with Crippen LogP contribution in [0.1, 0.15) is 11.1 Å². The van der Waals surface area contributed by atoms with Crippen LogP contribution in [0.5, 0.6) is 11.5 Å². The maximum absolute atomic E-state index is 5.41. The van der Waals surface area contributed by atoms with Crippen LogP contribution in [0.25, 0.3) is 10.2 Å². The van der Waals surface area contributed by atoms with Crippen molar-refractivity contribution < 1.29 is 9.47 Å². The normalized spacial score (nSPS) is 13.6. The maximum atomic E-state index is 5.41. The zero-order valence-electron chi connectivity index (χ0n) is 15.0. The van der Waals surface area contributed by atoms with Crippen LogP contribution in [-0.4, -0.2) is 17.6 Å². The molecule has 5 nitrogen and oxygen atoms in total. The van der Waals surface area contributed by atoms with Crippen LogP contribution < -0.4 is 14.3 Å². The second-order valence-electron chi connectivity index (χ2n) is 6.38. The molecule has 0 saturated carbocycles. The van der Waals surface area contributed by atoms with E-state index >= 15 is 0 Å². The largest absolute Gasteiger partial charge is 0.454 e. The number of rotatable bonds is 4. The Labute approximate surface area is 165 Å². The second kappa shape index (κ2) is 7.32. The lowest BCUT2D eigenvalue weighted by Crippen LogP contribution is -2.15. The monoisotopic (exact) mass is 387 g/mol. The maximum Gasteiger partial charge on any atom is 0.231 e. The van der Waals surface area contributed by atoms with Gasteiger partial charge in [0.25, 0.3) is 0 Å². The molecular formula is C22H17N3O2S. The molecule has 1 aliphatic rings. The third kappa shape index (κ3) is 3.30. The summed E-state index contributed by atoms with van der Waals surface area (Å²) in [5.74, 6) is 1.50. The highest BCUT2D eigenvalue weighted by Crippen LogP contribution is 2.32. The Balaban J connectivity index is 1.51. The van der Waals surface area contributed by atoms with Crippen molar-refractivity contribution in [3.8, 4) is 11.5 Å². The molecule has 3 aromatic carbocycles. The van der Waals surface area contributed by atoms with Gasteiger partial charge in [0.05, 0.1) is 23.0 Å². The molecule has 0 radical (unpaired) electrons. The molecule has 0 bridgehead atoms. The number of nitrogens with zero attached hydrogens (tertiary/aromatic N) is 3. The van der Waals surface area contributed by atoms with E-state index in [0.29, 0.717) is 0 Å². The van der Waals surface area contributed by atoms with E-state index < -0.39 is 0 Å². The Kier molecular flexibility index (Phi) is 4.39. The van der Waals surface area contributed by atoms with Gasteiger partial charge < -0.3 is 14.0 Å². The van der Waals surface area contributed by atoms with Crippen LogP contribution >= 0.6 is 11.3 Å². The van der Waals surface area contributed by atoms with Gasteiger partial charge in [-0.2, -0.15) is 5.10 Å². The standard InChI is InChI=1S/C22H17N3O2S/c1-2-6-16(7-3-1)14-25-18-8-4-5-9-21(18)28-22(25)24-23-13-17-10-11-19-20(12-17)27-15-26-19/h1-13H,14-15H2. The third-order valence-corrected chi connectivity index (χ3v) is 5.57. The molecule has 1 aliphatic heterocycles. The van der Waals surface area contributed by atoms with Gasteiger partial charge in [-0.15, -0.1) is 5.10 Å². The van der Waals surface area contributed by atoms with E-state index in [4.69, 9.17) is 9.47 Å². The molecule has 2 heterocycles. The number of ether oxygens (including phenoxy) is 2. The lowest BCUT2D eigenvalue weighted by molar-refractivity contribution is 0.174. The summed E-state index contributed by atoms with van der Waals surface area (Å²) in [5, 5.41) is 8.84. The number of para-hydroxylation sites is 1. The van der Waals surface area contributed by atoms with Crippen LogP contribution in [0.4, 0.5) is 0 Å². The van der Waals surface area contributed by atoms with Crippen LogP contribution in [0.15, 0.2) is 83.0 Å². The molecule has 0 atom stereocenters. The zero-order valence-corrected chi connectivity index (χ0v) is 15.8. The van der Waals surface area contributed by atoms with Gasteiger partial charge in [-0.3, -0.25) is 0 Å². The topological polar surface area (TPSA) is 48.1 Å². The van der Waals surface area contributed by atoms with E-state index in [1.165, 1.54) is 10.3 Å². The molecular weight excluding hydrogens is 370 g/mol. The van der Waals surface area contributed by atoms with E-state index in [1.54, 1.807) is 17.6 Å². The molecule has 0 fully saturated rings.